The van der Waals surface area contributed by atoms with Gasteiger partial charge < -0.3 is 25.4 Å². The van der Waals surface area contributed by atoms with Gasteiger partial charge in [0.15, 0.2) is 16.6 Å². The molecular formula is C21H21Cl2N3O3S. The lowest BCUT2D eigenvalue weighted by Gasteiger charge is -2.31. The lowest BCUT2D eigenvalue weighted by atomic mass is 9.94. The number of rotatable bonds is 6. The van der Waals surface area contributed by atoms with E-state index in [1.165, 1.54) is 7.11 Å². The maximum Gasteiger partial charge on any atom is 0.255 e. The molecule has 0 saturated carbocycles. The summed E-state index contributed by atoms with van der Waals surface area (Å²) in [5, 5.41) is 10.3. The van der Waals surface area contributed by atoms with Crippen molar-refractivity contribution in [1.29, 1.82) is 0 Å². The standard InChI is InChI=1S/C21H21Cl2N3O3S/c1-4-29-16-9-12(8-15(23)19(16)28-3)18-17(11(2)24-21(30)26-18)20(27)25-14-7-5-6-13(22)10-14/h5-10,18H,4H2,1-3H3,(H,25,27)(H2,24,26,30)/t18-/m0/s1. The van der Waals surface area contributed by atoms with Gasteiger partial charge in [0.25, 0.3) is 5.91 Å². The molecule has 2 aromatic rings. The molecule has 0 unspecified atom stereocenters. The van der Waals surface area contributed by atoms with Crippen LogP contribution in [0.1, 0.15) is 25.5 Å². The maximum absolute atomic E-state index is 13.2. The van der Waals surface area contributed by atoms with Crippen LogP contribution in [0.2, 0.25) is 10.0 Å². The molecule has 1 amide bonds. The fourth-order valence-corrected chi connectivity index (χ4v) is 3.98. The average molecular weight is 466 g/mol. The number of carbonyl (C=O) groups excluding carboxylic acids is 1. The van der Waals surface area contributed by atoms with E-state index in [0.29, 0.717) is 55.8 Å². The van der Waals surface area contributed by atoms with Gasteiger partial charge in [0.05, 0.1) is 30.4 Å². The largest absolute Gasteiger partial charge is 0.491 e. The number of hydrogen-bond acceptors (Lipinski definition) is 4. The molecule has 0 fully saturated rings. The van der Waals surface area contributed by atoms with Crippen LogP contribution in [0, 0.1) is 0 Å². The second-order valence-corrected chi connectivity index (χ2v) is 7.75. The molecule has 0 radical (unpaired) electrons. The molecule has 3 N–H and O–H groups in total. The normalized spacial score (nSPS) is 15.9. The fraction of sp³-hybridized carbons (Fsp3) is 0.238. The number of ether oxygens (including phenoxy) is 2. The van der Waals surface area contributed by atoms with Crippen LogP contribution in [0.5, 0.6) is 11.5 Å². The Morgan fingerprint density at radius 2 is 2.03 bits per heavy atom. The van der Waals surface area contributed by atoms with Crippen molar-refractivity contribution >= 4 is 52.1 Å². The molecule has 0 spiro atoms. The van der Waals surface area contributed by atoms with Gasteiger partial charge in [0.2, 0.25) is 0 Å². The molecule has 0 aromatic heterocycles. The summed E-state index contributed by atoms with van der Waals surface area (Å²) < 4.78 is 11.0. The molecule has 158 valence electrons. The molecule has 0 aliphatic carbocycles. The fourth-order valence-electron chi connectivity index (χ4n) is 3.23. The predicted octanol–water partition coefficient (Wildman–Crippen LogP) is 4.83. The van der Waals surface area contributed by atoms with Crippen molar-refractivity contribution in [1.82, 2.24) is 10.6 Å². The van der Waals surface area contributed by atoms with E-state index in [4.69, 9.17) is 44.9 Å². The van der Waals surface area contributed by atoms with E-state index in [9.17, 15) is 4.79 Å². The third kappa shape index (κ3) is 4.80. The van der Waals surface area contributed by atoms with Crippen LogP contribution in [-0.2, 0) is 4.79 Å². The zero-order valence-electron chi connectivity index (χ0n) is 16.6. The Morgan fingerprint density at radius 3 is 2.70 bits per heavy atom. The molecule has 0 bridgehead atoms. The quantitative estimate of drug-likeness (QED) is 0.530. The summed E-state index contributed by atoms with van der Waals surface area (Å²) in [4.78, 5) is 13.2. The van der Waals surface area contributed by atoms with Gasteiger partial charge in [-0.2, -0.15) is 0 Å². The van der Waals surface area contributed by atoms with Crippen molar-refractivity contribution in [3.8, 4) is 11.5 Å². The van der Waals surface area contributed by atoms with Gasteiger partial charge in [-0.3, -0.25) is 4.79 Å². The van der Waals surface area contributed by atoms with E-state index in [1.807, 2.05) is 6.92 Å². The summed E-state index contributed by atoms with van der Waals surface area (Å²) in [6.45, 7) is 4.10. The summed E-state index contributed by atoms with van der Waals surface area (Å²) in [5.74, 6) is 0.623. The summed E-state index contributed by atoms with van der Waals surface area (Å²) in [6, 6.07) is 9.92. The molecule has 0 saturated heterocycles. The molecular weight excluding hydrogens is 445 g/mol. The Kier molecular flexibility index (Phi) is 7.07. The minimum Gasteiger partial charge on any atom is -0.491 e. The van der Waals surface area contributed by atoms with Crippen molar-refractivity contribution in [3.63, 3.8) is 0 Å². The number of carbonyl (C=O) groups is 1. The second-order valence-electron chi connectivity index (χ2n) is 6.50. The van der Waals surface area contributed by atoms with Crippen LogP contribution in [0.3, 0.4) is 0 Å². The van der Waals surface area contributed by atoms with Crippen molar-refractivity contribution in [2.45, 2.75) is 19.9 Å². The first-order chi connectivity index (χ1) is 14.3. The van der Waals surface area contributed by atoms with Crippen LogP contribution in [-0.4, -0.2) is 24.7 Å². The summed E-state index contributed by atoms with van der Waals surface area (Å²) in [6.07, 6.45) is 0. The number of benzene rings is 2. The maximum atomic E-state index is 13.2. The lowest BCUT2D eigenvalue weighted by Crippen LogP contribution is -2.45. The highest BCUT2D eigenvalue weighted by atomic mass is 35.5. The first kappa shape index (κ1) is 22.2. The third-order valence-corrected chi connectivity index (χ3v) is 5.20. The number of thiocarbonyl (C=S) groups is 1. The highest BCUT2D eigenvalue weighted by Gasteiger charge is 2.31. The van der Waals surface area contributed by atoms with Crippen LogP contribution < -0.4 is 25.4 Å². The lowest BCUT2D eigenvalue weighted by molar-refractivity contribution is -0.113. The monoisotopic (exact) mass is 465 g/mol. The number of allylic oxidation sites excluding steroid dienone is 1. The molecule has 30 heavy (non-hydrogen) atoms. The highest BCUT2D eigenvalue weighted by Crippen LogP contribution is 2.40. The molecule has 9 heteroatoms. The van der Waals surface area contributed by atoms with Crippen molar-refractivity contribution in [3.05, 3.63) is 63.3 Å². The molecule has 1 aliphatic heterocycles. The zero-order valence-corrected chi connectivity index (χ0v) is 19.0. The van der Waals surface area contributed by atoms with Crippen molar-refractivity contribution in [2.24, 2.45) is 0 Å². The summed E-state index contributed by atoms with van der Waals surface area (Å²) >= 11 is 17.8. The Morgan fingerprint density at radius 1 is 1.27 bits per heavy atom. The topological polar surface area (TPSA) is 71.6 Å². The average Bonchev–Trinajstić information content (AvgIpc) is 2.67. The van der Waals surface area contributed by atoms with E-state index < -0.39 is 6.04 Å². The Hall–Kier alpha value is -2.48. The van der Waals surface area contributed by atoms with Crippen molar-refractivity contribution < 1.29 is 14.3 Å². The first-order valence-corrected chi connectivity index (χ1v) is 10.4. The molecule has 1 atom stereocenters. The summed E-state index contributed by atoms with van der Waals surface area (Å²) in [7, 11) is 1.52. The Balaban J connectivity index is 2.02. The Labute approximate surface area is 190 Å². The zero-order chi connectivity index (χ0) is 21.8. The molecule has 1 aliphatic rings. The van der Waals surface area contributed by atoms with Crippen LogP contribution in [0.25, 0.3) is 0 Å². The number of amides is 1. The minimum atomic E-state index is -0.541. The first-order valence-electron chi connectivity index (χ1n) is 9.19. The molecule has 3 rings (SSSR count). The number of methoxy groups -OCH3 is 1. The molecule has 1 heterocycles. The molecule has 6 nitrogen and oxygen atoms in total. The predicted molar refractivity (Wildman–Crippen MR) is 124 cm³/mol. The van der Waals surface area contributed by atoms with E-state index >= 15 is 0 Å². The van der Waals surface area contributed by atoms with Crippen LogP contribution in [0.15, 0.2) is 47.7 Å². The van der Waals surface area contributed by atoms with E-state index in [1.54, 1.807) is 43.3 Å². The van der Waals surface area contributed by atoms with Crippen LogP contribution >= 0.6 is 35.4 Å². The SMILES string of the molecule is CCOc1cc([C@@H]2NC(=S)NC(C)=C2C(=O)Nc2cccc(Cl)c2)cc(Cl)c1OC. The van der Waals surface area contributed by atoms with Gasteiger partial charge in [-0.15, -0.1) is 0 Å². The number of anilines is 1. The third-order valence-electron chi connectivity index (χ3n) is 4.47. The minimum absolute atomic E-state index is 0.299. The number of hydrogen-bond donors (Lipinski definition) is 3. The van der Waals surface area contributed by atoms with Gasteiger partial charge in [-0.25, -0.2) is 0 Å². The second kappa shape index (κ2) is 9.55. The van der Waals surface area contributed by atoms with Crippen LogP contribution in [0.4, 0.5) is 5.69 Å². The smallest absolute Gasteiger partial charge is 0.255 e. The van der Waals surface area contributed by atoms with Gasteiger partial charge in [0, 0.05) is 16.4 Å². The van der Waals surface area contributed by atoms with Gasteiger partial charge >= 0.3 is 0 Å². The van der Waals surface area contributed by atoms with Crippen molar-refractivity contribution in [2.75, 3.05) is 19.0 Å². The highest BCUT2D eigenvalue weighted by molar-refractivity contribution is 7.80. The Bertz CT molecular complexity index is 1030. The van der Waals surface area contributed by atoms with E-state index in [2.05, 4.69) is 16.0 Å². The number of nitrogens with one attached hydrogen (secondary N) is 3. The molecule has 2 aromatic carbocycles. The van der Waals surface area contributed by atoms with Gasteiger partial charge in [-0.05, 0) is 62.0 Å². The number of halogens is 2. The van der Waals surface area contributed by atoms with Gasteiger partial charge in [0.1, 0.15) is 0 Å². The van der Waals surface area contributed by atoms with E-state index in [0.717, 1.165) is 0 Å². The van der Waals surface area contributed by atoms with E-state index in [-0.39, 0.29) is 5.91 Å². The van der Waals surface area contributed by atoms with Gasteiger partial charge in [-0.1, -0.05) is 29.3 Å². The summed E-state index contributed by atoms with van der Waals surface area (Å²) in [5.41, 5.74) is 2.39.